The summed E-state index contributed by atoms with van der Waals surface area (Å²) in [5.74, 6) is -2.49. The molecule has 0 aromatic heterocycles. The van der Waals surface area contributed by atoms with Crippen LogP contribution in [-0.4, -0.2) is 16.1 Å². The maximum absolute atomic E-state index is 10.9. The molecule has 4 heteroatoms. The van der Waals surface area contributed by atoms with Crippen molar-refractivity contribution >= 4 is 27.7 Å². The van der Waals surface area contributed by atoms with Crippen LogP contribution in [0.3, 0.4) is 0 Å². The molecule has 0 bridgehead atoms. The zero-order valence-electron chi connectivity index (χ0n) is 6.52. The van der Waals surface area contributed by atoms with E-state index in [4.69, 9.17) is 0 Å². The number of ketones is 1. The molecule has 0 rings (SSSR count). The second kappa shape index (κ2) is 3.85. The Balaban J connectivity index is 4.50. The number of rotatable bonds is 4. The molecule has 0 amide bonds. The van der Waals surface area contributed by atoms with Gasteiger partial charge in [-0.3, -0.25) is 4.79 Å². The predicted molar refractivity (Wildman–Crippen MR) is 42.3 cm³/mol. The molecule has 0 unspecified atom stereocenters. The molecule has 11 heavy (non-hydrogen) atoms. The minimum atomic E-state index is -1.62. The summed E-state index contributed by atoms with van der Waals surface area (Å²) in [5, 5.41) is 10.2. The van der Waals surface area contributed by atoms with Gasteiger partial charge in [0.1, 0.15) is 5.97 Å². The average molecular weight is 222 g/mol. The quantitative estimate of drug-likeness (QED) is 0.506. The van der Waals surface area contributed by atoms with Crippen molar-refractivity contribution in [2.24, 2.45) is 0 Å². The number of carbonyl (C=O) groups excluding carboxylic acids is 2. The van der Waals surface area contributed by atoms with E-state index in [-0.39, 0.29) is 0 Å². The number of carboxylic acid groups (broad SMARTS) is 1. The lowest BCUT2D eigenvalue weighted by atomic mass is 9.98. The van der Waals surface area contributed by atoms with Gasteiger partial charge >= 0.3 is 0 Å². The Bertz CT molecular complexity index is 173. The Morgan fingerprint density at radius 1 is 1.36 bits per heavy atom. The molecule has 0 aromatic carbocycles. The van der Waals surface area contributed by atoms with Gasteiger partial charge in [-0.1, -0.05) is 29.8 Å². The molecule has 0 spiro atoms. The number of hydrogen-bond donors (Lipinski definition) is 0. The van der Waals surface area contributed by atoms with Crippen molar-refractivity contribution < 1.29 is 14.7 Å². The summed E-state index contributed by atoms with van der Waals surface area (Å²) in [4.78, 5) is 21.1. The normalized spacial score (nSPS) is 11.2. The van der Waals surface area contributed by atoms with Crippen molar-refractivity contribution in [3.05, 3.63) is 0 Å². The number of hydrogen-bond acceptors (Lipinski definition) is 3. The molecule has 0 fully saturated rings. The molecule has 3 nitrogen and oxygen atoms in total. The van der Waals surface area contributed by atoms with Crippen LogP contribution >= 0.6 is 15.9 Å². The molecule has 0 aromatic rings. The van der Waals surface area contributed by atoms with Gasteiger partial charge in [0.25, 0.3) is 0 Å². The molecule has 0 atom stereocenters. The van der Waals surface area contributed by atoms with Crippen LogP contribution in [0.15, 0.2) is 0 Å². The third kappa shape index (κ3) is 2.29. The van der Waals surface area contributed by atoms with Crippen LogP contribution in [0.4, 0.5) is 0 Å². The molecular formula is C7H10BrO3-. The molecule has 0 aliphatic carbocycles. The Hall–Kier alpha value is -0.380. The minimum absolute atomic E-state index is 0.455. The summed E-state index contributed by atoms with van der Waals surface area (Å²) in [6.07, 6.45) is 0.909. The topological polar surface area (TPSA) is 57.2 Å². The van der Waals surface area contributed by atoms with E-state index in [1.807, 2.05) is 0 Å². The Morgan fingerprint density at radius 3 is 1.82 bits per heavy atom. The molecule has 64 valence electrons. The zero-order chi connectivity index (χ0) is 9.07. The van der Waals surface area contributed by atoms with E-state index < -0.39 is 16.1 Å². The summed E-state index contributed by atoms with van der Waals surface area (Å²) >= 11 is 3.08. The van der Waals surface area contributed by atoms with E-state index >= 15 is 0 Å². The average Bonchev–Trinajstić information content (AvgIpc) is 2.01. The summed E-state index contributed by atoms with van der Waals surface area (Å²) in [7, 11) is 0. The highest BCUT2D eigenvalue weighted by Gasteiger charge is 2.31. The van der Waals surface area contributed by atoms with Gasteiger partial charge in [-0.05, 0) is 12.8 Å². The molecule has 0 aliphatic rings. The van der Waals surface area contributed by atoms with Crippen LogP contribution in [0.2, 0.25) is 0 Å². The van der Waals surface area contributed by atoms with Crippen molar-refractivity contribution in [3.63, 3.8) is 0 Å². The third-order valence-corrected chi connectivity index (χ3v) is 3.19. The maximum atomic E-state index is 10.9. The molecule has 0 saturated carbocycles. The van der Waals surface area contributed by atoms with Crippen molar-refractivity contribution in [2.75, 3.05) is 0 Å². The van der Waals surface area contributed by atoms with E-state index in [1.54, 1.807) is 13.8 Å². The SMILES string of the molecule is CCC(Br)(CC)C(=O)C(=O)[O-]. The minimum Gasteiger partial charge on any atom is -0.542 e. The largest absolute Gasteiger partial charge is 0.542 e. The van der Waals surface area contributed by atoms with Gasteiger partial charge in [0.15, 0.2) is 5.78 Å². The lowest BCUT2D eigenvalue weighted by Gasteiger charge is -2.22. The molecule has 0 radical (unpaired) electrons. The number of carboxylic acids is 1. The first-order chi connectivity index (χ1) is 4.98. The van der Waals surface area contributed by atoms with Crippen LogP contribution in [0.25, 0.3) is 0 Å². The summed E-state index contributed by atoms with van der Waals surface area (Å²) < 4.78 is -0.925. The van der Waals surface area contributed by atoms with E-state index in [9.17, 15) is 14.7 Å². The number of aliphatic carboxylic acids is 1. The predicted octanol–water partition coefficient (Wildman–Crippen LogP) is 0.259. The van der Waals surface area contributed by atoms with Crippen molar-refractivity contribution in [1.29, 1.82) is 0 Å². The van der Waals surface area contributed by atoms with Gasteiger partial charge in [0, 0.05) is 0 Å². The third-order valence-electron chi connectivity index (χ3n) is 1.71. The smallest absolute Gasteiger partial charge is 0.194 e. The molecule has 0 saturated heterocycles. The van der Waals surface area contributed by atoms with E-state index in [1.165, 1.54) is 0 Å². The van der Waals surface area contributed by atoms with Gasteiger partial charge < -0.3 is 9.90 Å². The highest BCUT2D eigenvalue weighted by molar-refractivity contribution is 9.10. The Kier molecular flexibility index (Phi) is 3.72. The highest BCUT2D eigenvalue weighted by atomic mass is 79.9. The van der Waals surface area contributed by atoms with Crippen LogP contribution in [0.1, 0.15) is 26.7 Å². The lowest BCUT2D eigenvalue weighted by molar-refractivity contribution is -0.300. The van der Waals surface area contributed by atoms with Gasteiger partial charge in [-0.25, -0.2) is 0 Å². The first kappa shape index (κ1) is 10.6. The van der Waals surface area contributed by atoms with Crippen molar-refractivity contribution in [3.8, 4) is 0 Å². The van der Waals surface area contributed by atoms with Gasteiger partial charge in [0.05, 0.1) is 4.32 Å². The zero-order valence-corrected chi connectivity index (χ0v) is 8.10. The summed E-state index contributed by atoms with van der Waals surface area (Å²) in [6, 6.07) is 0. The van der Waals surface area contributed by atoms with Gasteiger partial charge in [-0.2, -0.15) is 0 Å². The van der Waals surface area contributed by atoms with Gasteiger partial charge in [-0.15, -0.1) is 0 Å². The molecular weight excluding hydrogens is 212 g/mol. The molecule has 0 aliphatic heterocycles. The molecule has 0 N–H and O–H groups in total. The number of alkyl halides is 1. The second-order valence-corrected chi connectivity index (χ2v) is 3.81. The van der Waals surface area contributed by atoms with Gasteiger partial charge in [0.2, 0.25) is 0 Å². The Morgan fingerprint density at radius 2 is 1.73 bits per heavy atom. The van der Waals surface area contributed by atoms with Crippen LogP contribution in [-0.2, 0) is 9.59 Å². The fourth-order valence-electron chi connectivity index (χ4n) is 0.754. The number of carbonyl (C=O) groups is 2. The van der Waals surface area contributed by atoms with Crippen LogP contribution in [0, 0.1) is 0 Å². The van der Waals surface area contributed by atoms with Crippen molar-refractivity contribution in [2.45, 2.75) is 31.0 Å². The summed E-state index contributed by atoms with van der Waals surface area (Å²) in [6.45, 7) is 3.50. The molecule has 0 heterocycles. The van der Waals surface area contributed by atoms with Crippen molar-refractivity contribution in [1.82, 2.24) is 0 Å². The van der Waals surface area contributed by atoms with E-state index in [0.717, 1.165) is 0 Å². The standard InChI is InChI=1S/C7H11BrO3/c1-3-7(8,4-2)5(9)6(10)11/h3-4H2,1-2H3,(H,10,11)/p-1. The monoisotopic (exact) mass is 221 g/mol. The second-order valence-electron chi connectivity index (χ2n) is 2.29. The summed E-state index contributed by atoms with van der Waals surface area (Å²) in [5.41, 5.74) is 0. The van der Waals surface area contributed by atoms with Crippen LogP contribution in [0.5, 0.6) is 0 Å². The maximum Gasteiger partial charge on any atom is 0.194 e. The fraction of sp³-hybridized carbons (Fsp3) is 0.714. The number of Topliss-reactive ketones (excluding diaryl/α,β-unsaturated/α-hetero) is 1. The fourth-order valence-corrected chi connectivity index (χ4v) is 0.916. The van der Waals surface area contributed by atoms with E-state index in [0.29, 0.717) is 12.8 Å². The number of halogens is 1. The Labute approximate surface area is 73.9 Å². The van der Waals surface area contributed by atoms with E-state index in [2.05, 4.69) is 15.9 Å². The first-order valence-electron chi connectivity index (χ1n) is 3.42. The first-order valence-corrected chi connectivity index (χ1v) is 4.22. The lowest BCUT2D eigenvalue weighted by Crippen LogP contribution is -2.44. The van der Waals surface area contributed by atoms with Crippen LogP contribution < -0.4 is 5.11 Å². The highest BCUT2D eigenvalue weighted by Crippen LogP contribution is 2.26.